The number of unbranched alkanes of at least 4 members (excludes halogenated alkanes) is 4. The maximum Gasteiger partial charge on any atom is 0.193 e. The number of hydrogen-bond acceptors (Lipinski definition) is 2. The van der Waals surface area contributed by atoms with E-state index in [0.29, 0.717) is 5.92 Å². The predicted octanol–water partition coefficient (Wildman–Crippen LogP) is 9.23. The molecule has 0 N–H and O–H groups in total. The van der Waals surface area contributed by atoms with E-state index in [1.54, 1.807) is 11.3 Å². The van der Waals surface area contributed by atoms with Gasteiger partial charge in [-0.3, -0.25) is 4.40 Å². The molecule has 1 aromatic carbocycles. The lowest BCUT2D eigenvalue weighted by molar-refractivity contribution is 0.436. The lowest BCUT2D eigenvalue weighted by Crippen LogP contribution is -2.04. The van der Waals surface area contributed by atoms with E-state index in [4.69, 9.17) is 0 Å². The second-order valence-corrected chi connectivity index (χ2v) is 10.6. The lowest BCUT2D eigenvalue weighted by atomic mass is 9.90. The number of imidazole rings is 1. The molecule has 0 spiro atoms. The molecule has 0 fully saturated rings. The third-order valence-corrected chi connectivity index (χ3v) is 7.87. The standard InChI is InChI=1S/C29H44N2S/c1-4-6-7-8-9-13-25-17-19-26(20-18-25)16-15-24(3)12-10-14-27(11-5-2)28-23-32-29-30-21-22-31(28)29/h17-24,27H,4-16H2,1-3H3. The summed E-state index contributed by atoms with van der Waals surface area (Å²) in [5.74, 6) is 1.47. The van der Waals surface area contributed by atoms with Crippen LogP contribution in [-0.4, -0.2) is 9.38 Å². The number of rotatable bonds is 16. The van der Waals surface area contributed by atoms with Gasteiger partial charge in [0.05, 0.1) is 0 Å². The number of benzene rings is 1. The van der Waals surface area contributed by atoms with Crippen molar-refractivity contribution in [3.63, 3.8) is 0 Å². The van der Waals surface area contributed by atoms with Crippen LogP contribution in [0, 0.1) is 5.92 Å². The van der Waals surface area contributed by atoms with Crippen LogP contribution < -0.4 is 0 Å². The van der Waals surface area contributed by atoms with Crippen molar-refractivity contribution in [2.24, 2.45) is 5.92 Å². The topological polar surface area (TPSA) is 17.3 Å². The molecule has 0 bridgehead atoms. The minimum atomic E-state index is 0.671. The molecule has 0 aliphatic carbocycles. The highest BCUT2D eigenvalue weighted by atomic mass is 32.1. The van der Waals surface area contributed by atoms with Gasteiger partial charge in [0.25, 0.3) is 0 Å². The number of aryl methyl sites for hydroxylation is 2. The van der Waals surface area contributed by atoms with E-state index in [-0.39, 0.29) is 0 Å². The van der Waals surface area contributed by atoms with Gasteiger partial charge in [-0.1, -0.05) is 90.0 Å². The average molecular weight is 453 g/mol. The zero-order valence-corrected chi connectivity index (χ0v) is 21.5. The van der Waals surface area contributed by atoms with Gasteiger partial charge in [-0.05, 0) is 55.6 Å². The summed E-state index contributed by atoms with van der Waals surface area (Å²) >= 11 is 1.78. The van der Waals surface area contributed by atoms with Crippen LogP contribution in [0.4, 0.5) is 0 Å². The molecule has 32 heavy (non-hydrogen) atoms. The normalized spacial score (nSPS) is 13.6. The fourth-order valence-corrected chi connectivity index (χ4v) is 5.83. The van der Waals surface area contributed by atoms with Crippen molar-refractivity contribution in [1.82, 2.24) is 9.38 Å². The minimum Gasteiger partial charge on any atom is -0.294 e. The largest absolute Gasteiger partial charge is 0.294 e. The Kier molecular flexibility index (Phi) is 10.8. The first-order chi connectivity index (χ1) is 15.7. The number of hydrogen-bond donors (Lipinski definition) is 0. The van der Waals surface area contributed by atoms with Crippen LogP contribution in [0.3, 0.4) is 0 Å². The monoisotopic (exact) mass is 452 g/mol. The summed E-state index contributed by atoms with van der Waals surface area (Å²) in [6.07, 6.45) is 21.2. The molecule has 0 saturated heterocycles. The Bertz CT molecular complexity index is 876. The van der Waals surface area contributed by atoms with Gasteiger partial charge < -0.3 is 0 Å². The van der Waals surface area contributed by atoms with Gasteiger partial charge in [-0.15, -0.1) is 11.3 Å². The van der Waals surface area contributed by atoms with Crippen LogP contribution in [0.15, 0.2) is 42.0 Å². The molecule has 2 atom stereocenters. The first kappa shape index (κ1) is 25.0. The molecule has 0 saturated carbocycles. The molecule has 0 aliphatic rings. The predicted molar refractivity (Wildman–Crippen MR) is 141 cm³/mol. The average Bonchev–Trinajstić information content (AvgIpc) is 3.42. The second-order valence-electron chi connectivity index (χ2n) is 9.78. The summed E-state index contributed by atoms with van der Waals surface area (Å²) in [4.78, 5) is 5.59. The fraction of sp³-hybridized carbons (Fsp3) is 0.621. The Morgan fingerprint density at radius 3 is 2.31 bits per heavy atom. The number of nitrogens with zero attached hydrogens (tertiary/aromatic N) is 2. The van der Waals surface area contributed by atoms with Crippen LogP contribution in [0.5, 0.6) is 0 Å². The molecule has 176 valence electrons. The molecule has 3 heteroatoms. The smallest absolute Gasteiger partial charge is 0.193 e. The van der Waals surface area contributed by atoms with Crippen molar-refractivity contribution < 1.29 is 0 Å². The quantitative estimate of drug-likeness (QED) is 0.198. The van der Waals surface area contributed by atoms with Gasteiger partial charge in [-0.25, -0.2) is 4.98 Å². The molecule has 3 aromatic rings. The summed E-state index contributed by atoms with van der Waals surface area (Å²) < 4.78 is 2.31. The fourth-order valence-electron chi connectivity index (χ4n) is 4.90. The van der Waals surface area contributed by atoms with E-state index in [2.05, 4.69) is 66.0 Å². The molecular weight excluding hydrogens is 408 g/mol. The highest BCUT2D eigenvalue weighted by molar-refractivity contribution is 7.15. The Hall–Kier alpha value is -1.61. The summed E-state index contributed by atoms with van der Waals surface area (Å²) in [5, 5.41) is 2.33. The van der Waals surface area contributed by atoms with Gasteiger partial charge >= 0.3 is 0 Å². The van der Waals surface area contributed by atoms with Gasteiger partial charge in [-0.2, -0.15) is 0 Å². The van der Waals surface area contributed by atoms with Crippen molar-refractivity contribution in [3.05, 3.63) is 58.9 Å². The summed E-state index contributed by atoms with van der Waals surface area (Å²) in [6.45, 7) is 7.04. The third-order valence-electron chi connectivity index (χ3n) is 6.99. The van der Waals surface area contributed by atoms with Gasteiger partial charge in [0.1, 0.15) is 0 Å². The van der Waals surface area contributed by atoms with Crippen molar-refractivity contribution in [1.29, 1.82) is 0 Å². The van der Waals surface area contributed by atoms with Gasteiger partial charge in [0, 0.05) is 29.4 Å². The summed E-state index contributed by atoms with van der Waals surface area (Å²) in [6, 6.07) is 9.48. The highest BCUT2D eigenvalue weighted by Crippen LogP contribution is 2.31. The summed E-state index contributed by atoms with van der Waals surface area (Å²) in [7, 11) is 0. The zero-order chi connectivity index (χ0) is 22.6. The van der Waals surface area contributed by atoms with Crippen LogP contribution in [0.2, 0.25) is 0 Å². The Morgan fingerprint density at radius 2 is 1.56 bits per heavy atom. The molecular formula is C29H44N2S. The molecule has 2 unspecified atom stereocenters. The first-order valence-electron chi connectivity index (χ1n) is 13.2. The SMILES string of the molecule is CCCCCCCc1ccc(CCC(C)CCCC(CCC)c2csc3nccn23)cc1. The minimum absolute atomic E-state index is 0.671. The van der Waals surface area contributed by atoms with E-state index in [0.717, 1.165) is 10.9 Å². The first-order valence-corrected chi connectivity index (χ1v) is 14.1. The Morgan fingerprint density at radius 1 is 0.812 bits per heavy atom. The van der Waals surface area contributed by atoms with Gasteiger partial charge in [0.15, 0.2) is 4.96 Å². The van der Waals surface area contributed by atoms with Crippen molar-refractivity contribution in [2.75, 3.05) is 0 Å². The highest BCUT2D eigenvalue weighted by Gasteiger charge is 2.16. The van der Waals surface area contributed by atoms with Crippen LogP contribution in [0.25, 0.3) is 4.96 Å². The van der Waals surface area contributed by atoms with E-state index >= 15 is 0 Å². The molecule has 0 amide bonds. The maximum atomic E-state index is 4.46. The molecule has 2 nitrogen and oxygen atoms in total. The summed E-state index contributed by atoms with van der Waals surface area (Å²) in [5.41, 5.74) is 4.50. The number of fused-ring (bicyclic) bond motifs is 1. The molecule has 3 rings (SSSR count). The van der Waals surface area contributed by atoms with Crippen LogP contribution in [-0.2, 0) is 12.8 Å². The Balaban J connectivity index is 1.36. The molecule has 0 aliphatic heterocycles. The van der Waals surface area contributed by atoms with Crippen molar-refractivity contribution in [2.45, 2.75) is 110 Å². The van der Waals surface area contributed by atoms with E-state index < -0.39 is 0 Å². The lowest BCUT2D eigenvalue weighted by Gasteiger charge is -2.17. The van der Waals surface area contributed by atoms with E-state index in [1.165, 1.54) is 100 Å². The second kappa shape index (κ2) is 13.8. The van der Waals surface area contributed by atoms with Crippen LogP contribution in [0.1, 0.15) is 114 Å². The van der Waals surface area contributed by atoms with Gasteiger partial charge in [0.2, 0.25) is 0 Å². The third kappa shape index (κ3) is 7.76. The molecule has 0 radical (unpaired) electrons. The van der Waals surface area contributed by atoms with Crippen molar-refractivity contribution in [3.8, 4) is 0 Å². The van der Waals surface area contributed by atoms with E-state index in [1.807, 2.05) is 6.20 Å². The molecule has 2 aromatic heterocycles. The number of thiazole rings is 1. The zero-order valence-electron chi connectivity index (χ0n) is 20.7. The van der Waals surface area contributed by atoms with Crippen molar-refractivity contribution >= 4 is 16.3 Å². The number of aromatic nitrogens is 2. The van der Waals surface area contributed by atoms with Crippen LogP contribution >= 0.6 is 11.3 Å². The molecule has 2 heterocycles. The Labute approximate surface area is 200 Å². The van der Waals surface area contributed by atoms with E-state index in [9.17, 15) is 0 Å². The maximum absolute atomic E-state index is 4.46.